The zero-order chi connectivity index (χ0) is 13.9. The van der Waals surface area contributed by atoms with Crippen molar-refractivity contribution in [3.8, 4) is 5.75 Å². The molecule has 2 heteroatoms. The monoisotopic (exact) mass is 273 g/mol. The van der Waals surface area contributed by atoms with E-state index < -0.39 is 0 Å². The molecule has 0 saturated heterocycles. The van der Waals surface area contributed by atoms with Gasteiger partial charge in [0.05, 0.1) is 6.04 Å². The first-order chi connectivity index (χ1) is 9.83. The predicted octanol–water partition coefficient (Wildman–Crippen LogP) is 4.17. The van der Waals surface area contributed by atoms with E-state index in [4.69, 9.17) is 4.74 Å². The average molecular weight is 273 g/mol. The maximum absolute atomic E-state index is 6.26. The summed E-state index contributed by atoms with van der Waals surface area (Å²) in [6.07, 6.45) is 8.99. The standard InChI is InChI=1S/C18H27NO/c1-3-7-16-18(19-10-4-2)15-11-13-8-5-6-9-14(13)12-17(15)20-16/h11-12,16,18-19H,3-10H2,1-2H3. The molecule has 1 aliphatic heterocycles. The number of ether oxygens (including phenoxy) is 1. The summed E-state index contributed by atoms with van der Waals surface area (Å²) in [4.78, 5) is 0. The highest BCUT2D eigenvalue weighted by atomic mass is 16.5. The Kier molecular flexibility index (Phi) is 4.30. The van der Waals surface area contributed by atoms with Crippen LogP contribution < -0.4 is 10.1 Å². The van der Waals surface area contributed by atoms with Gasteiger partial charge < -0.3 is 10.1 Å². The number of hydrogen-bond donors (Lipinski definition) is 1. The normalized spacial score (nSPS) is 24.1. The number of nitrogens with one attached hydrogen (secondary N) is 1. The molecule has 1 aromatic carbocycles. The van der Waals surface area contributed by atoms with Gasteiger partial charge in [-0.25, -0.2) is 0 Å². The van der Waals surface area contributed by atoms with Crippen molar-refractivity contribution in [2.75, 3.05) is 6.54 Å². The van der Waals surface area contributed by atoms with Crippen molar-refractivity contribution >= 4 is 0 Å². The van der Waals surface area contributed by atoms with Crippen LogP contribution >= 0.6 is 0 Å². The minimum Gasteiger partial charge on any atom is -0.488 e. The van der Waals surface area contributed by atoms with E-state index in [2.05, 4.69) is 31.3 Å². The maximum atomic E-state index is 6.26. The average Bonchev–Trinajstić information content (AvgIpc) is 2.79. The summed E-state index contributed by atoms with van der Waals surface area (Å²) in [7, 11) is 0. The Balaban J connectivity index is 1.89. The van der Waals surface area contributed by atoms with E-state index in [1.54, 1.807) is 5.56 Å². The zero-order valence-corrected chi connectivity index (χ0v) is 12.9. The summed E-state index contributed by atoms with van der Waals surface area (Å²) in [5.74, 6) is 1.15. The van der Waals surface area contributed by atoms with Gasteiger partial charge in [0.25, 0.3) is 0 Å². The fraction of sp³-hybridized carbons (Fsp3) is 0.667. The van der Waals surface area contributed by atoms with Gasteiger partial charge in [-0.1, -0.05) is 26.3 Å². The highest BCUT2D eigenvalue weighted by Gasteiger charge is 2.34. The van der Waals surface area contributed by atoms with Gasteiger partial charge in [-0.05, 0) is 62.3 Å². The molecule has 2 nitrogen and oxygen atoms in total. The summed E-state index contributed by atoms with van der Waals surface area (Å²) >= 11 is 0. The van der Waals surface area contributed by atoms with Crippen molar-refractivity contribution in [2.24, 2.45) is 0 Å². The van der Waals surface area contributed by atoms with Gasteiger partial charge in [-0.15, -0.1) is 0 Å². The second-order valence-electron chi connectivity index (χ2n) is 6.24. The van der Waals surface area contributed by atoms with Crippen LogP contribution in [0, 0.1) is 0 Å². The third-order valence-electron chi connectivity index (χ3n) is 4.65. The van der Waals surface area contributed by atoms with Crippen molar-refractivity contribution in [2.45, 2.75) is 70.9 Å². The summed E-state index contributed by atoms with van der Waals surface area (Å²) in [6, 6.07) is 5.17. The quantitative estimate of drug-likeness (QED) is 0.869. The molecule has 0 saturated carbocycles. The van der Waals surface area contributed by atoms with Crippen LogP contribution in [0.15, 0.2) is 12.1 Å². The minimum absolute atomic E-state index is 0.324. The fourth-order valence-corrected chi connectivity index (χ4v) is 3.61. The molecule has 0 amide bonds. The Morgan fingerprint density at radius 3 is 2.55 bits per heavy atom. The van der Waals surface area contributed by atoms with E-state index in [1.165, 1.54) is 49.7 Å². The van der Waals surface area contributed by atoms with E-state index in [-0.39, 0.29) is 0 Å². The molecule has 110 valence electrons. The molecule has 20 heavy (non-hydrogen) atoms. The summed E-state index contributed by atoms with van der Waals surface area (Å²) in [5.41, 5.74) is 4.51. The molecular formula is C18H27NO. The van der Waals surface area contributed by atoms with Gasteiger partial charge in [0.15, 0.2) is 0 Å². The number of fused-ring (bicyclic) bond motifs is 2. The molecule has 1 aromatic rings. The number of benzene rings is 1. The van der Waals surface area contributed by atoms with Gasteiger partial charge >= 0.3 is 0 Å². The Labute approximate surface area is 122 Å². The molecule has 0 bridgehead atoms. The molecule has 1 aliphatic carbocycles. The van der Waals surface area contributed by atoms with Crippen molar-refractivity contribution in [1.82, 2.24) is 5.32 Å². The van der Waals surface area contributed by atoms with Crippen LogP contribution in [0.2, 0.25) is 0 Å². The van der Waals surface area contributed by atoms with Crippen molar-refractivity contribution in [3.05, 3.63) is 28.8 Å². The smallest absolute Gasteiger partial charge is 0.125 e. The van der Waals surface area contributed by atoms with Crippen LogP contribution in [0.25, 0.3) is 0 Å². The lowest BCUT2D eigenvalue weighted by Crippen LogP contribution is -2.31. The number of rotatable bonds is 5. The second-order valence-corrected chi connectivity index (χ2v) is 6.24. The van der Waals surface area contributed by atoms with Gasteiger partial charge in [0, 0.05) is 5.56 Å². The highest BCUT2D eigenvalue weighted by molar-refractivity contribution is 5.48. The van der Waals surface area contributed by atoms with Gasteiger partial charge in [0.1, 0.15) is 11.9 Å². The summed E-state index contributed by atoms with van der Waals surface area (Å²) in [5, 5.41) is 3.70. The minimum atomic E-state index is 0.324. The Morgan fingerprint density at radius 2 is 1.85 bits per heavy atom. The van der Waals surface area contributed by atoms with E-state index >= 15 is 0 Å². The van der Waals surface area contributed by atoms with Crippen LogP contribution in [-0.2, 0) is 12.8 Å². The first-order valence-electron chi connectivity index (χ1n) is 8.39. The highest BCUT2D eigenvalue weighted by Crippen LogP contribution is 2.41. The molecule has 0 aromatic heterocycles. The molecule has 0 fully saturated rings. The Morgan fingerprint density at radius 1 is 1.10 bits per heavy atom. The fourth-order valence-electron chi connectivity index (χ4n) is 3.61. The predicted molar refractivity (Wildman–Crippen MR) is 83.4 cm³/mol. The lowest BCUT2D eigenvalue weighted by atomic mass is 9.88. The third-order valence-corrected chi connectivity index (χ3v) is 4.65. The molecule has 3 rings (SSSR count). The summed E-state index contributed by atoms with van der Waals surface area (Å²) in [6.45, 7) is 5.55. The van der Waals surface area contributed by atoms with Crippen molar-refractivity contribution in [1.29, 1.82) is 0 Å². The molecule has 1 N–H and O–H groups in total. The molecule has 2 unspecified atom stereocenters. The molecule has 1 heterocycles. The van der Waals surface area contributed by atoms with Gasteiger partial charge in [-0.3, -0.25) is 0 Å². The molecule has 2 aliphatic rings. The largest absolute Gasteiger partial charge is 0.488 e. The number of hydrogen-bond acceptors (Lipinski definition) is 2. The topological polar surface area (TPSA) is 21.3 Å². The Hall–Kier alpha value is -1.02. The second kappa shape index (κ2) is 6.17. The molecule has 0 spiro atoms. The van der Waals surface area contributed by atoms with Crippen LogP contribution in [0.3, 0.4) is 0 Å². The molecule has 2 atom stereocenters. The van der Waals surface area contributed by atoms with Crippen LogP contribution in [0.5, 0.6) is 5.75 Å². The Bertz CT molecular complexity index is 469. The summed E-state index contributed by atoms with van der Waals surface area (Å²) < 4.78 is 6.26. The van der Waals surface area contributed by atoms with Crippen LogP contribution in [0.1, 0.15) is 68.7 Å². The van der Waals surface area contributed by atoms with E-state index in [0.717, 1.165) is 18.7 Å². The first kappa shape index (κ1) is 13.9. The zero-order valence-electron chi connectivity index (χ0n) is 12.9. The lowest BCUT2D eigenvalue weighted by molar-refractivity contribution is 0.178. The molecular weight excluding hydrogens is 246 g/mol. The SMILES string of the molecule is CCCNC1c2cc3c(cc2OC1CCC)CCCC3. The van der Waals surface area contributed by atoms with Crippen LogP contribution in [-0.4, -0.2) is 12.6 Å². The first-order valence-corrected chi connectivity index (χ1v) is 8.39. The molecule has 0 radical (unpaired) electrons. The lowest BCUT2D eigenvalue weighted by Gasteiger charge is -2.20. The van der Waals surface area contributed by atoms with E-state index in [0.29, 0.717) is 12.1 Å². The number of aryl methyl sites for hydroxylation is 2. The third kappa shape index (κ3) is 2.58. The van der Waals surface area contributed by atoms with Crippen LogP contribution in [0.4, 0.5) is 0 Å². The van der Waals surface area contributed by atoms with E-state index in [9.17, 15) is 0 Å². The van der Waals surface area contributed by atoms with E-state index in [1.807, 2.05) is 0 Å². The van der Waals surface area contributed by atoms with Crippen molar-refractivity contribution < 1.29 is 4.74 Å². The van der Waals surface area contributed by atoms with Gasteiger partial charge in [0.2, 0.25) is 0 Å². The van der Waals surface area contributed by atoms with Gasteiger partial charge in [-0.2, -0.15) is 0 Å². The maximum Gasteiger partial charge on any atom is 0.125 e. The van der Waals surface area contributed by atoms with Crippen molar-refractivity contribution in [3.63, 3.8) is 0 Å².